The topological polar surface area (TPSA) is 64.1 Å². The van der Waals surface area contributed by atoms with E-state index in [1.54, 1.807) is 23.7 Å². The second-order valence-corrected chi connectivity index (χ2v) is 7.14. The number of nitrogens with one attached hydrogen (secondary N) is 1. The van der Waals surface area contributed by atoms with Gasteiger partial charge in [-0.1, -0.05) is 0 Å². The standard InChI is InChI=1S/C17H21N3O2S/c1-12-5-6-14(23-12)8-16(21)18-9-13-10-19-17(20-11-13)15-4-2-3-7-22-15/h5-6,10-11,15H,2-4,7-9H2,1H3,(H,18,21)/t15-/m0/s1. The molecule has 3 heterocycles. The fourth-order valence-electron chi connectivity index (χ4n) is 2.57. The second-order valence-electron chi connectivity index (χ2n) is 5.77. The van der Waals surface area contributed by atoms with Crippen molar-refractivity contribution in [3.05, 3.63) is 45.7 Å². The average Bonchev–Trinajstić information content (AvgIpc) is 2.99. The van der Waals surface area contributed by atoms with Crippen LogP contribution in [0.5, 0.6) is 0 Å². The molecule has 1 aliphatic heterocycles. The van der Waals surface area contributed by atoms with Gasteiger partial charge in [-0.2, -0.15) is 0 Å². The summed E-state index contributed by atoms with van der Waals surface area (Å²) in [7, 11) is 0. The van der Waals surface area contributed by atoms with E-state index in [-0.39, 0.29) is 12.0 Å². The molecule has 1 atom stereocenters. The first-order chi connectivity index (χ1) is 11.2. The quantitative estimate of drug-likeness (QED) is 0.915. The van der Waals surface area contributed by atoms with Crippen LogP contribution in [0.1, 0.15) is 46.5 Å². The highest BCUT2D eigenvalue weighted by Gasteiger charge is 2.18. The number of hydrogen-bond donors (Lipinski definition) is 1. The van der Waals surface area contributed by atoms with Crippen LogP contribution < -0.4 is 5.32 Å². The van der Waals surface area contributed by atoms with Crippen molar-refractivity contribution in [3.8, 4) is 0 Å². The average molecular weight is 331 g/mol. The molecule has 0 unspecified atom stereocenters. The highest BCUT2D eigenvalue weighted by atomic mass is 32.1. The van der Waals surface area contributed by atoms with Gasteiger partial charge in [0.05, 0.1) is 6.42 Å². The minimum Gasteiger partial charge on any atom is -0.370 e. The third-order valence-corrected chi connectivity index (χ3v) is 4.81. The largest absolute Gasteiger partial charge is 0.370 e. The van der Waals surface area contributed by atoms with Gasteiger partial charge in [0.2, 0.25) is 5.91 Å². The molecule has 1 aliphatic rings. The fraction of sp³-hybridized carbons (Fsp3) is 0.471. The van der Waals surface area contributed by atoms with Crippen LogP contribution in [-0.2, 0) is 22.5 Å². The smallest absolute Gasteiger partial charge is 0.225 e. The van der Waals surface area contributed by atoms with Crippen molar-refractivity contribution in [2.24, 2.45) is 0 Å². The van der Waals surface area contributed by atoms with E-state index in [1.807, 2.05) is 19.1 Å². The Morgan fingerprint density at radius 1 is 1.35 bits per heavy atom. The summed E-state index contributed by atoms with van der Waals surface area (Å²) < 4.78 is 5.68. The number of carbonyl (C=O) groups excluding carboxylic acids is 1. The Morgan fingerprint density at radius 2 is 2.17 bits per heavy atom. The van der Waals surface area contributed by atoms with E-state index in [4.69, 9.17) is 4.74 Å². The maximum absolute atomic E-state index is 11.9. The van der Waals surface area contributed by atoms with Gasteiger partial charge in [-0.3, -0.25) is 4.79 Å². The van der Waals surface area contributed by atoms with Crippen LogP contribution in [0.25, 0.3) is 0 Å². The summed E-state index contributed by atoms with van der Waals surface area (Å²) in [6.45, 7) is 3.28. The van der Waals surface area contributed by atoms with Gasteiger partial charge < -0.3 is 10.1 Å². The molecule has 5 nitrogen and oxygen atoms in total. The molecule has 0 radical (unpaired) electrons. The highest BCUT2D eigenvalue weighted by Crippen LogP contribution is 2.24. The molecule has 1 fully saturated rings. The fourth-order valence-corrected chi connectivity index (χ4v) is 3.46. The highest BCUT2D eigenvalue weighted by molar-refractivity contribution is 7.12. The lowest BCUT2D eigenvalue weighted by molar-refractivity contribution is -0.120. The first kappa shape index (κ1) is 16.1. The number of hydrogen-bond acceptors (Lipinski definition) is 5. The number of aromatic nitrogens is 2. The molecule has 2 aromatic rings. The predicted molar refractivity (Wildman–Crippen MR) is 89.2 cm³/mol. The summed E-state index contributed by atoms with van der Waals surface area (Å²) in [6, 6.07) is 4.04. The van der Waals surface area contributed by atoms with E-state index in [1.165, 1.54) is 4.88 Å². The van der Waals surface area contributed by atoms with E-state index in [0.717, 1.165) is 42.1 Å². The molecule has 2 aromatic heterocycles. The van der Waals surface area contributed by atoms with E-state index < -0.39 is 0 Å². The number of carbonyl (C=O) groups is 1. The Labute approximate surface area is 140 Å². The maximum Gasteiger partial charge on any atom is 0.225 e. The molecule has 3 rings (SSSR count). The third-order valence-electron chi connectivity index (χ3n) is 3.81. The number of rotatable bonds is 5. The Balaban J connectivity index is 1.49. The van der Waals surface area contributed by atoms with E-state index in [2.05, 4.69) is 15.3 Å². The van der Waals surface area contributed by atoms with Crippen molar-refractivity contribution in [2.75, 3.05) is 6.61 Å². The zero-order valence-corrected chi connectivity index (χ0v) is 14.1. The summed E-state index contributed by atoms with van der Waals surface area (Å²) in [6.07, 6.45) is 7.25. The maximum atomic E-state index is 11.9. The summed E-state index contributed by atoms with van der Waals surface area (Å²) in [5.41, 5.74) is 0.903. The molecule has 0 saturated carbocycles. The van der Waals surface area contributed by atoms with Gasteiger partial charge in [-0.15, -0.1) is 11.3 Å². The van der Waals surface area contributed by atoms with E-state index in [9.17, 15) is 4.79 Å². The monoisotopic (exact) mass is 331 g/mol. The molecule has 1 amide bonds. The zero-order valence-electron chi connectivity index (χ0n) is 13.2. The van der Waals surface area contributed by atoms with Crippen LogP contribution in [0, 0.1) is 6.92 Å². The zero-order chi connectivity index (χ0) is 16.1. The summed E-state index contributed by atoms with van der Waals surface area (Å²) in [5, 5.41) is 2.91. The normalized spacial score (nSPS) is 17.9. The molecule has 6 heteroatoms. The minimum absolute atomic E-state index is 0.0199. The van der Waals surface area contributed by atoms with Gasteiger partial charge >= 0.3 is 0 Å². The molecule has 0 aromatic carbocycles. The minimum atomic E-state index is 0.0199. The molecule has 0 aliphatic carbocycles. The molecule has 1 saturated heterocycles. The van der Waals surface area contributed by atoms with Gasteiger partial charge in [0, 0.05) is 40.9 Å². The lowest BCUT2D eigenvalue weighted by Gasteiger charge is -2.21. The SMILES string of the molecule is Cc1ccc(CC(=O)NCc2cnc([C@@H]3CCCCO3)nc2)s1. The van der Waals surface area contributed by atoms with Gasteiger partial charge in [-0.05, 0) is 38.3 Å². The van der Waals surface area contributed by atoms with Gasteiger partial charge in [0.15, 0.2) is 5.82 Å². The van der Waals surface area contributed by atoms with Crippen molar-refractivity contribution in [2.45, 2.75) is 45.3 Å². The van der Waals surface area contributed by atoms with Gasteiger partial charge in [-0.25, -0.2) is 9.97 Å². The number of nitrogens with zero attached hydrogens (tertiary/aromatic N) is 2. The third kappa shape index (κ3) is 4.59. The first-order valence-electron chi connectivity index (χ1n) is 7.95. The van der Waals surface area contributed by atoms with Crippen LogP contribution in [0.2, 0.25) is 0 Å². The van der Waals surface area contributed by atoms with Crippen molar-refractivity contribution in [1.82, 2.24) is 15.3 Å². The van der Waals surface area contributed by atoms with Crippen molar-refractivity contribution < 1.29 is 9.53 Å². The Hall–Kier alpha value is -1.79. The lowest BCUT2D eigenvalue weighted by Crippen LogP contribution is -2.24. The molecule has 23 heavy (non-hydrogen) atoms. The van der Waals surface area contributed by atoms with Crippen LogP contribution in [0.15, 0.2) is 24.5 Å². The van der Waals surface area contributed by atoms with Crippen molar-refractivity contribution in [3.63, 3.8) is 0 Å². The van der Waals surface area contributed by atoms with E-state index in [0.29, 0.717) is 13.0 Å². The Kier molecular flexibility index (Phi) is 5.35. The van der Waals surface area contributed by atoms with Crippen LogP contribution in [-0.4, -0.2) is 22.5 Å². The molecular formula is C17H21N3O2S. The Morgan fingerprint density at radius 3 is 2.83 bits per heavy atom. The first-order valence-corrected chi connectivity index (χ1v) is 8.77. The Bertz CT molecular complexity index is 648. The molecule has 1 N–H and O–H groups in total. The van der Waals surface area contributed by atoms with Gasteiger partial charge in [0.1, 0.15) is 6.10 Å². The van der Waals surface area contributed by atoms with Crippen molar-refractivity contribution in [1.29, 1.82) is 0 Å². The molecule has 0 spiro atoms. The summed E-state index contributed by atoms with van der Waals surface area (Å²) in [5.74, 6) is 0.764. The van der Waals surface area contributed by atoms with Crippen molar-refractivity contribution >= 4 is 17.2 Å². The van der Waals surface area contributed by atoms with Gasteiger partial charge in [0.25, 0.3) is 0 Å². The molecule has 122 valence electrons. The summed E-state index contributed by atoms with van der Waals surface area (Å²) >= 11 is 1.66. The number of amides is 1. The van der Waals surface area contributed by atoms with Crippen LogP contribution in [0.4, 0.5) is 0 Å². The lowest BCUT2D eigenvalue weighted by atomic mass is 10.1. The van der Waals surface area contributed by atoms with Crippen LogP contribution in [0.3, 0.4) is 0 Å². The summed E-state index contributed by atoms with van der Waals surface area (Å²) in [4.78, 5) is 23.0. The second kappa shape index (κ2) is 7.66. The number of thiophene rings is 1. The number of aryl methyl sites for hydroxylation is 1. The molecular weight excluding hydrogens is 310 g/mol. The number of ether oxygens (including phenoxy) is 1. The predicted octanol–water partition coefficient (Wildman–Crippen LogP) is 2.95. The van der Waals surface area contributed by atoms with Crippen LogP contribution >= 0.6 is 11.3 Å². The molecule has 0 bridgehead atoms. The van der Waals surface area contributed by atoms with E-state index >= 15 is 0 Å².